The second-order valence-corrected chi connectivity index (χ2v) is 7.03. The van der Waals surface area contributed by atoms with E-state index in [0.717, 1.165) is 56.2 Å². The van der Waals surface area contributed by atoms with Gasteiger partial charge in [-0.1, -0.05) is 36.4 Å². The molecule has 3 heterocycles. The first-order chi connectivity index (χ1) is 13.3. The predicted octanol–water partition coefficient (Wildman–Crippen LogP) is 3.79. The number of benzene rings is 1. The maximum absolute atomic E-state index is 4.58. The number of hydrogen-bond acceptors (Lipinski definition) is 5. The summed E-state index contributed by atoms with van der Waals surface area (Å²) in [6, 6.07) is 14.8. The van der Waals surface area contributed by atoms with Crippen LogP contribution in [0.4, 0.5) is 11.6 Å². The third kappa shape index (κ3) is 4.25. The number of anilines is 2. The molecule has 1 N–H and O–H groups in total. The predicted molar refractivity (Wildman–Crippen MR) is 109 cm³/mol. The zero-order valence-corrected chi connectivity index (χ0v) is 15.7. The molecule has 5 heteroatoms. The van der Waals surface area contributed by atoms with Crippen molar-refractivity contribution >= 4 is 11.6 Å². The van der Waals surface area contributed by atoms with E-state index in [1.165, 1.54) is 16.7 Å². The molecule has 0 saturated heterocycles. The summed E-state index contributed by atoms with van der Waals surface area (Å²) >= 11 is 0. The van der Waals surface area contributed by atoms with Gasteiger partial charge in [0.15, 0.2) is 0 Å². The van der Waals surface area contributed by atoms with Gasteiger partial charge in [-0.2, -0.15) is 0 Å². The minimum atomic E-state index is 0.799. The van der Waals surface area contributed by atoms with Crippen LogP contribution in [0.25, 0.3) is 0 Å². The SMILES string of the molecule is Cc1ccc(N2CCc3ncnc(NCCCc4ccccc4)c3C2)nc1. The van der Waals surface area contributed by atoms with Crippen molar-refractivity contribution in [3.63, 3.8) is 0 Å². The first-order valence-corrected chi connectivity index (χ1v) is 9.58. The summed E-state index contributed by atoms with van der Waals surface area (Å²) in [6.45, 7) is 4.70. The molecule has 3 aromatic rings. The molecule has 2 aromatic heterocycles. The largest absolute Gasteiger partial charge is 0.370 e. The average molecular weight is 359 g/mol. The molecule has 0 fully saturated rings. The summed E-state index contributed by atoms with van der Waals surface area (Å²) in [6.07, 6.45) is 6.67. The van der Waals surface area contributed by atoms with Crippen LogP contribution in [-0.4, -0.2) is 28.0 Å². The Morgan fingerprint density at radius 3 is 2.74 bits per heavy atom. The number of hydrogen-bond donors (Lipinski definition) is 1. The van der Waals surface area contributed by atoms with Crippen molar-refractivity contribution in [2.24, 2.45) is 0 Å². The normalized spacial score (nSPS) is 13.3. The molecule has 4 rings (SSSR count). The van der Waals surface area contributed by atoms with Crippen LogP contribution < -0.4 is 10.2 Å². The van der Waals surface area contributed by atoms with Gasteiger partial charge in [-0.15, -0.1) is 0 Å². The minimum Gasteiger partial charge on any atom is -0.370 e. The third-order valence-electron chi connectivity index (χ3n) is 5.00. The van der Waals surface area contributed by atoms with Crippen LogP contribution >= 0.6 is 0 Å². The number of rotatable bonds is 6. The van der Waals surface area contributed by atoms with Crippen LogP contribution in [0.15, 0.2) is 55.0 Å². The van der Waals surface area contributed by atoms with E-state index < -0.39 is 0 Å². The van der Waals surface area contributed by atoms with E-state index >= 15 is 0 Å². The summed E-state index contributed by atoms with van der Waals surface area (Å²) in [5.41, 5.74) is 4.91. The van der Waals surface area contributed by atoms with Crippen molar-refractivity contribution < 1.29 is 0 Å². The van der Waals surface area contributed by atoms with Crippen LogP contribution in [-0.2, 0) is 19.4 Å². The highest BCUT2D eigenvalue weighted by Gasteiger charge is 2.21. The lowest BCUT2D eigenvalue weighted by Gasteiger charge is -2.30. The Labute approximate surface area is 160 Å². The monoisotopic (exact) mass is 359 g/mol. The molecule has 0 bridgehead atoms. The number of pyridine rings is 1. The summed E-state index contributed by atoms with van der Waals surface area (Å²) in [5.74, 6) is 1.98. The number of fused-ring (bicyclic) bond motifs is 1. The number of nitrogens with zero attached hydrogens (tertiary/aromatic N) is 4. The van der Waals surface area contributed by atoms with Gasteiger partial charge in [0.25, 0.3) is 0 Å². The van der Waals surface area contributed by atoms with Gasteiger partial charge < -0.3 is 10.2 Å². The van der Waals surface area contributed by atoms with Crippen LogP contribution in [0, 0.1) is 6.92 Å². The maximum Gasteiger partial charge on any atom is 0.134 e. The fourth-order valence-corrected chi connectivity index (χ4v) is 3.48. The second-order valence-electron chi connectivity index (χ2n) is 7.03. The molecule has 0 atom stereocenters. The Bertz CT molecular complexity index is 877. The van der Waals surface area contributed by atoms with Gasteiger partial charge in [-0.3, -0.25) is 0 Å². The summed E-state index contributed by atoms with van der Waals surface area (Å²) < 4.78 is 0. The van der Waals surface area contributed by atoms with E-state index in [1.807, 2.05) is 6.20 Å². The Kier molecular flexibility index (Phi) is 5.28. The Hall–Kier alpha value is -2.95. The third-order valence-corrected chi connectivity index (χ3v) is 5.00. The molecule has 1 aromatic carbocycles. The van der Waals surface area contributed by atoms with E-state index in [2.05, 4.69) is 74.6 Å². The standard InChI is InChI=1S/C22H25N5/c1-17-9-10-21(24-14-17)27-13-11-20-19(15-27)22(26-16-25-20)23-12-5-8-18-6-3-2-4-7-18/h2-4,6-7,9-10,14,16H,5,8,11-13,15H2,1H3,(H,23,25,26). The highest BCUT2D eigenvalue weighted by Crippen LogP contribution is 2.26. The van der Waals surface area contributed by atoms with E-state index in [0.29, 0.717) is 0 Å². The van der Waals surface area contributed by atoms with Crippen molar-refractivity contribution in [1.29, 1.82) is 0 Å². The molecule has 138 valence electrons. The molecule has 0 unspecified atom stereocenters. The summed E-state index contributed by atoms with van der Waals surface area (Å²) in [5, 5.41) is 3.53. The number of aromatic nitrogens is 3. The van der Waals surface area contributed by atoms with Gasteiger partial charge in [-0.25, -0.2) is 15.0 Å². The smallest absolute Gasteiger partial charge is 0.134 e. The summed E-state index contributed by atoms with van der Waals surface area (Å²) in [4.78, 5) is 15.9. The van der Waals surface area contributed by atoms with E-state index in [-0.39, 0.29) is 0 Å². The molecule has 5 nitrogen and oxygen atoms in total. The first-order valence-electron chi connectivity index (χ1n) is 9.58. The summed E-state index contributed by atoms with van der Waals surface area (Å²) in [7, 11) is 0. The zero-order valence-electron chi connectivity index (χ0n) is 15.7. The Morgan fingerprint density at radius 2 is 1.93 bits per heavy atom. The number of aryl methyl sites for hydroxylation is 2. The molecule has 0 spiro atoms. The highest BCUT2D eigenvalue weighted by atomic mass is 15.2. The van der Waals surface area contributed by atoms with Crippen LogP contribution in [0.2, 0.25) is 0 Å². The Balaban J connectivity index is 1.41. The van der Waals surface area contributed by atoms with Crippen molar-refractivity contribution in [2.45, 2.75) is 32.7 Å². The molecule has 0 saturated carbocycles. The second kappa shape index (κ2) is 8.16. The lowest BCUT2D eigenvalue weighted by Crippen LogP contribution is -2.32. The quantitative estimate of drug-likeness (QED) is 0.679. The van der Waals surface area contributed by atoms with Gasteiger partial charge >= 0.3 is 0 Å². The van der Waals surface area contributed by atoms with Crippen LogP contribution in [0.1, 0.15) is 28.8 Å². The zero-order chi connectivity index (χ0) is 18.5. The first kappa shape index (κ1) is 17.5. The molecular formula is C22H25N5. The molecule has 0 aliphatic carbocycles. The molecule has 1 aliphatic rings. The maximum atomic E-state index is 4.58. The fraction of sp³-hybridized carbons (Fsp3) is 0.318. The van der Waals surface area contributed by atoms with E-state index in [9.17, 15) is 0 Å². The average Bonchev–Trinajstić information content (AvgIpc) is 2.72. The fourth-order valence-electron chi connectivity index (χ4n) is 3.48. The topological polar surface area (TPSA) is 53.9 Å². The lowest BCUT2D eigenvalue weighted by molar-refractivity contribution is 0.696. The molecule has 0 radical (unpaired) electrons. The number of nitrogens with one attached hydrogen (secondary N) is 1. The van der Waals surface area contributed by atoms with Gasteiger partial charge in [0.2, 0.25) is 0 Å². The molecule has 1 aliphatic heterocycles. The lowest BCUT2D eigenvalue weighted by atomic mass is 10.1. The minimum absolute atomic E-state index is 0.799. The van der Waals surface area contributed by atoms with E-state index in [4.69, 9.17) is 0 Å². The highest BCUT2D eigenvalue weighted by molar-refractivity contribution is 5.52. The molecular weight excluding hydrogens is 334 g/mol. The van der Waals surface area contributed by atoms with Gasteiger partial charge in [0, 0.05) is 37.8 Å². The molecule has 0 amide bonds. The van der Waals surface area contributed by atoms with Crippen molar-refractivity contribution in [3.8, 4) is 0 Å². The molecule has 27 heavy (non-hydrogen) atoms. The van der Waals surface area contributed by atoms with Gasteiger partial charge in [0.1, 0.15) is 18.0 Å². The Morgan fingerprint density at radius 1 is 1.04 bits per heavy atom. The van der Waals surface area contributed by atoms with Crippen molar-refractivity contribution in [1.82, 2.24) is 15.0 Å². The van der Waals surface area contributed by atoms with Gasteiger partial charge in [0.05, 0.1) is 5.69 Å². The van der Waals surface area contributed by atoms with Crippen LogP contribution in [0.3, 0.4) is 0 Å². The van der Waals surface area contributed by atoms with Crippen molar-refractivity contribution in [2.75, 3.05) is 23.3 Å². The van der Waals surface area contributed by atoms with Crippen molar-refractivity contribution in [3.05, 3.63) is 77.4 Å². The van der Waals surface area contributed by atoms with Crippen LogP contribution in [0.5, 0.6) is 0 Å². The van der Waals surface area contributed by atoms with Gasteiger partial charge in [-0.05, 0) is 37.0 Å². The van der Waals surface area contributed by atoms with E-state index in [1.54, 1.807) is 6.33 Å².